The summed E-state index contributed by atoms with van der Waals surface area (Å²) in [6.45, 7) is 5.74. The fraction of sp³-hybridized carbons (Fsp3) is 0.192. The molecule has 0 radical (unpaired) electrons. The molecule has 0 saturated carbocycles. The Hall–Kier alpha value is -3.91. The molecule has 4 aromatic rings. The van der Waals surface area contributed by atoms with Gasteiger partial charge < -0.3 is 14.3 Å². The topological polar surface area (TPSA) is 92.9 Å². The van der Waals surface area contributed by atoms with Gasteiger partial charge in [0.05, 0.1) is 22.9 Å². The number of Topliss-reactive ketones (excluding diaryl/α,β-unsaturated/α-hetero) is 1. The van der Waals surface area contributed by atoms with Crippen LogP contribution in [0.4, 0.5) is 5.13 Å². The third-order valence-corrected chi connectivity index (χ3v) is 6.86. The first-order valence-electron chi connectivity index (χ1n) is 10.7. The number of hydrogen-bond acceptors (Lipinski definition) is 7. The number of furan rings is 1. The Bertz CT molecular complexity index is 1480. The first kappa shape index (κ1) is 21.9. The summed E-state index contributed by atoms with van der Waals surface area (Å²) >= 11 is 1.33. The van der Waals surface area contributed by atoms with Gasteiger partial charge >= 0.3 is 5.91 Å². The normalized spacial score (nSPS) is 17.6. The summed E-state index contributed by atoms with van der Waals surface area (Å²) < 4.78 is 11.9. The lowest BCUT2D eigenvalue weighted by atomic mass is 9.99. The van der Waals surface area contributed by atoms with Crippen LogP contribution in [0.3, 0.4) is 0 Å². The van der Waals surface area contributed by atoms with Crippen molar-refractivity contribution in [3.8, 4) is 5.75 Å². The second-order valence-corrected chi connectivity index (χ2v) is 9.28. The van der Waals surface area contributed by atoms with Crippen LogP contribution >= 0.6 is 11.3 Å². The van der Waals surface area contributed by atoms with Gasteiger partial charge in [0.15, 0.2) is 5.13 Å². The molecule has 34 heavy (non-hydrogen) atoms. The standard InChI is InChI=1S/C26H22N2O5S/c1-13-11-14(2)21-19(12-13)34-26(27-21)28-22(18-10-5-15(3)33-18)20(24(30)25(28)31)23(29)16-6-8-17(32-4)9-7-16/h5-12,22,29H,1-4H3/b23-20+. The molecule has 2 aromatic heterocycles. The Labute approximate surface area is 199 Å². The van der Waals surface area contributed by atoms with E-state index in [9.17, 15) is 14.7 Å². The lowest BCUT2D eigenvalue weighted by molar-refractivity contribution is -0.132. The number of aliphatic hydroxyl groups excluding tert-OH is 1. The molecule has 2 aromatic carbocycles. The summed E-state index contributed by atoms with van der Waals surface area (Å²) in [5.74, 6) is -0.229. The van der Waals surface area contributed by atoms with Crippen LogP contribution < -0.4 is 9.64 Å². The van der Waals surface area contributed by atoms with Crippen LogP contribution in [0.2, 0.25) is 0 Å². The van der Waals surface area contributed by atoms with Gasteiger partial charge in [0.2, 0.25) is 0 Å². The number of ether oxygens (including phenoxy) is 1. The SMILES string of the molecule is COc1ccc(/C(O)=C2\C(=O)C(=O)N(c3nc4c(C)cc(C)cc4s3)C2c2ccc(C)o2)cc1. The number of rotatable bonds is 4. The van der Waals surface area contributed by atoms with Gasteiger partial charge in [-0.05, 0) is 74.4 Å². The van der Waals surface area contributed by atoms with Gasteiger partial charge in [-0.1, -0.05) is 17.4 Å². The second kappa shape index (κ2) is 8.14. The third-order valence-electron chi connectivity index (χ3n) is 5.86. The van der Waals surface area contributed by atoms with E-state index < -0.39 is 17.7 Å². The molecule has 1 saturated heterocycles. The Morgan fingerprint density at radius 3 is 2.47 bits per heavy atom. The van der Waals surface area contributed by atoms with Gasteiger partial charge in [-0.2, -0.15) is 0 Å². The highest BCUT2D eigenvalue weighted by Crippen LogP contribution is 2.45. The number of ketones is 1. The Morgan fingerprint density at radius 1 is 1.09 bits per heavy atom. The minimum atomic E-state index is -0.947. The van der Waals surface area contributed by atoms with Crippen LogP contribution in [0.1, 0.15) is 34.3 Å². The lowest BCUT2D eigenvalue weighted by Gasteiger charge is -2.20. The molecule has 1 atom stereocenters. The van der Waals surface area contributed by atoms with E-state index in [0.29, 0.717) is 28.0 Å². The number of amides is 1. The van der Waals surface area contributed by atoms with Crippen molar-refractivity contribution in [2.45, 2.75) is 26.8 Å². The van der Waals surface area contributed by atoms with Crippen LogP contribution in [-0.2, 0) is 9.59 Å². The predicted octanol–water partition coefficient (Wildman–Crippen LogP) is 5.45. The van der Waals surface area contributed by atoms with Crippen molar-refractivity contribution in [1.82, 2.24) is 4.98 Å². The minimum Gasteiger partial charge on any atom is -0.507 e. The molecule has 3 heterocycles. The smallest absolute Gasteiger partial charge is 0.302 e. The van der Waals surface area contributed by atoms with Crippen molar-refractivity contribution >= 4 is 44.1 Å². The number of aryl methyl sites for hydroxylation is 3. The van der Waals surface area contributed by atoms with Crippen molar-refractivity contribution in [2.24, 2.45) is 0 Å². The van der Waals surface area contributed by atoms with Gasteiger partial charge in [0, 0.05) is 5.56 Å². The number of hydrogen-bond donors (Lipinski definition) is 1. The van der Waals surface area contributed by atoms with Crippen LogP contribution in [0.25, 0.3) is 16.0 Å². The van der Waals surface area contributed by atoms with E-state index in [1.54, 1.807) is 50.4 Å². The molecule has 0 bridgehead atoms. The molecule has 0 spiro atoms. The number of anilines is 1. The zero-order valence-corrected chi connectivity index (χ0v) is 19.9. The molecule has 1 aliphatic rings. The quantitative estimate of drug-likeness (QED) is 0.240. The number of aliphatic hydroxyl groups is 1. The Balaban J connectivity index is 1.71. The molecule has 172 valence electrons. The van der Waals surface area contributed by atoms with Crippen molar-refractivity contribution in [3.05, 3.63) is 82.3 Å². The van der Waals surface area contributed by atoms with Crippen LogP contribution in [0, 0.1) is 20.8 Å². The van der Waals surface area contributed by atoms with Crippen molar-refractivity contribution in [3.63, 3.8) is 0 Å². The van der Waals surface area contributed by atoms with E-state index in [1.807, 2.05) is 26.0 Å². The molecule has 0 aliphatic carbocycles. The number of thiazole rings is 1. The van der Waals surface area contributed by atoms with E-state index in [1.165, 1.54) is 16.2 Å². The maximum absolute atomic E-state index is 13.3. The highest BCUT2D eigenvalue weighted by atomic mass is 32.1. The van der Waals surface area contributed by atoms with Gasteiger partial charge in [0.25, 0.3) is 5.78 Å². The van der Waals surface area contributed by atoms with Crippen LogP contribution in [0.5, 0.6) is 5.75 Å². The minimum absolute atomic E-state index is 0.0447. The maximum atomic E-state index is 13.3. The van der Waals surface area contributed by atoms with Crippen LogP contribution in [-0.4, -0.2) is 28.9 Å². The molecular weight excluding hydrogens is 452 g/mol. The Kier molecular flexibility index (Phi) is 5.25. The van der Waals surface area contributed by atoms with Gasteiger partial charge in [-0.25, -0.2) is 4.98 Å². The molecular formula is C26H22N2O5S. The van der Waals surface area contributed by atoms with Crippen molar-refractivity contribution in [1.29, 1.82) is 0 Å². The number of carbonyl (C=O) groups is 2. The van der Waals surface area contributed by atoms with Crippen LogP contribution in [0.15, 0.2) is 58.5 Å². The Morgan fingerprint density at radius 2 is 1.82 bits per heavy atom. The van der Waals surface area contributed by atoms with E-state index in [4.69, 9.17) is 14.1 Å². The van der Waals surface area contributed by atoms with E-state index in [-0.39, 0.29) is 11.3 Å². The monoisotopic (exact) mass is 474 g/mol. The summed E-state index contributed by atoms with van der Waals surface area (Å²) in [5, 5.41) is 11.5. The highest BCUT2D eigenvalue weighted by molar-refractivity contribution is 7.22. The third kappa shape index (κ3) is 3.47. The number of fused-ring (bicyclic) bond motifs is 1. The van der Waals surface area contributed by atoms with E-state index >= 15 is 0 Å². The van der Waals surface area contributed by atoms with Gasteiger partial charge in [0.1, 0.15) is 29.1 Å². The molecule has 1 aliphatic heterocycles. The molecule has 8 heteroatoms. The van der Waals surface area contributed by atoms with E-state index in [0.717, 1.165) is 21.3 Å². The van der Waals surface area contributed by atoms with E-state index in [2.05, 4.69) is 0 Å². The molecule has 7 nitrogen and oxygen atoms in total. The number of nitrogens with zero attached hydrogens (tertiary/aromatic N) is 2. The first-order valence-corrected chi connectivity index (χ1v) is 11.5. The number of aromatic nitrogens is 1. The van der Waals surface area contributed by atoms with Gasteiger partial charge in [-0.3, -0.25) is 14.5 Å². The number of methoxy groups -OCH3 is 1. The molecule has 1 amide bonds. The lowest BCUT2D eigenvalue weighted by Crippen LogP contribution is -2.29. The summed E-state index contributed by atoms with van der Waals surface area (Å²) in [4.78, 5) is 32.6. The fourth-order valence-electron chi connectivity index (χ4n) is 4.27. The summed E-state index contributed by atoms with van der Waals surface area (Å²) in [6, 6.07) is 13.2. The molecule has 1 N–H and O–H groups in total. The van der Waals surface area contributed by atoms with Crippen molar-refractivity contribution in [2.75, 3.05) is 12.0 Å². The zero-order chi connectivity index (χ0) is 24.1. The van der Waals surface area contributed by atoms with Gasteiger partial charge in [-0.15, -0.1) is 0 Å². The summed E-state index contributed by atoms with van der Waals surface area (Å²) in [5.41, 5.74) is 3.19. The zero-order valence-electron chi connectivity index (χ0n) is 19.1. The summed E-state index contributed by atoms with van der Waals surface area (Å²) in [6.07, 6.45) is 0. The predicted molar refractivity (Wildman–Crippen MR) is 130 cm³/mol. The number of benzene rings is 2. The first-order chi connectivity index (χ1) is 16.3. The molecule has 5 rings (SSSR count). The largest absolute Gasteiger partial charge is 0.507 e. The summed E-state index contributed by atoms with van der Waals surface area (Å²) in [7, 11) is 1.54. The fourth-order valence-corrected chi connectivity index (χ4v) is 5.43. The second-order valence-electron chi connectivity index (χ2n) is 8.27. The van der Waals surface area contributed by atoms with Crippen molar-refractivity contribution < 1.29 is 23.8 Å². The average Bonchev–Trinajstić information content (AvgIpc) is 3.50. The average molecular weight is 475 g/mol. The maximum Gasteiger partial charge on any atom is 0.302 e. The molecule has 1 unspecified atom stereocenters. The molecule has 1 fully saturated rings. The highest BCUT2D eigenvalue weighted by Gasteiger charge is 2.49. The number of carbonyl (C=O) groups excluding carboxylic acids is 2.